The third kappa shape index (κ3) is 2.58. The van der Waals surface area contributed by atoms with Crippen molar-refractivity contribution in [3.8, 4) is 0 Å². The van der Waals surface area contributed by atoms with Crippen LogP contribution in [0.1, 0.15) is 0 Å². The van der Waals surface area contributed by atoms with E-state index in [-0.39, 0.29) is 0 Å². The van der Waals surface area contributed by atoms with Gasteiger partial charge in [-0.25, -0.2) is 0 Å². The van der Waals surface area contributed by atoms with Crippen molar-refractivity contribution >= 4 is 26.8 Å². The number of ether oxygens (including phenoxy) is 1. The maximum absolute atomic E-state index is 5.35. The fraction of sp³-hybridized carbons (Fsp3) is 0.462. The van der Waals surface area contributed by atoms with Crippen LogP contribution >= 0.6 is 15.9 Å². The molecule has 2 aromatic rings. The Morgan fingerprint density at radius 3 is 2.89 bits per heavy atom. The molecule has 0 N–H and O–H groups in total. The molecule has 5 heteroatoms. The second-order valence-corrected chi connectivity index (χ2v) is 5.44. The summed E-state index contributed by atoms with van der Waals surface area (Å²) in [5.41, 5.74) is 1.19. The Balaban J connectivity index is 1.72. The molecule has 2 heterocycles. The summed E-state index contributed by atoms with van der Waals surface area (Å²) in [6.07, 6.45) is 1.93. The first kappa shape index (κ1) is 12.1. The molecule has 1 fully saturated rings. The minimum atomic E-state index is 0.853. The molecule has 0 amide bonds. The first-order valence-corrected chi connectivity index (χ1v) is 7.03. The average Bonchev–Trinajstić information content (AvgIpc) is 2.80. The number of benzene rings is 1. The summed E-state index contributed by atoms with van der Waals surface area (Å²) in [7, 11) is 0. The number of rotatable bonds is 3. The molecule has 0 aliphatic carbocycles. The van der Waals surface area contributed by atoms with Gasteiger partial charge in [0.2, 0.25) is 0 Å². The van der Waals surface area contributed by atoms with E-state index in [1.807, 2.05) is 6.20 Å². The summed E-state index contributed by atoms with van der Waals surface area (Å²) in [5, 5.41) is 5.65. The molecule has 0 bridgehead atoms. The fourth-order valence-electron chi connectivity index (χ4n) is 2.28. The van der Waals surface area contributed by atoms with Crippen molar-refractivity contribution in [1.82, 2.24) is 14.7 Å². The van der Waals surface area contributed by atoms with Crippen molar-refractivity contribution in [2.75, 3.05) is 32.8 Å². The van der Waals surface area contributed by atoms with Crippen LogP contribution in [-0.4, -0.2) is 47.5 Å². The van der Waals surface area contributed by atoms with Crippen LogP contribution in [0.2, 0.25) is 0 Å². The average molecular weight is 310 g/mol. The van der Waals surface area contributed by atoms with Crippen LogP contribution < -0.4 is 0 Å². The Kier molecular flexibility index (Phi) is 3.63. The first-order chi connectivity index (χ1) is 8.83. The zero-order chi connectivity index (χ0) is 12.4. The molecule has 0 spiro atoms. The fourth-order valence-corrected chi connectivity index (χ4v) is 2.63. The number of halogens is 1. The molecule has 0 unspecified atom stereocenters. The summed E-state index contributed by atoms with van der Waals surface area (Å²) >= 11 is 3.51. The summed E-state index contributed by atoms with van der Waals surface area (Å²) < 4.78 is 8.53. The predicted octanol–water partition coefficient (Wildman–Crippen LogP) is 2.13. The van der Waals surface area contributed by atoms with Gasteiger partial charge >= 0.3 is 0 Å². The third-order valence-corrected chi connectivity index (χ3v) is 3.83. The lowest BCUT2D eigenvalue weighted by Crippen LogP contribution is -2.38. The molecule has 1 saturated heterocycles. The van der Waals surface area contributed by atoms with E-state index in [0.29, 0.717) is 0 Å². The standard InChI is InChI=1S/C13H16BrN3O/c14-12-2-1-11-10-15-17(13(11)9-12)4-3-16-5-7-18-8-6-16/h1-2,9-10H,3-8H2. The van der Waals surface area contributed by atoms with E-state index in [1.165, 1.54) is 10.9 Å². The van der Waals surface area contributed by atoms with Gasteiger partial charge in [-0.15, -0.1) is 0 Å². The van der Waals surface area contributed by atoms with Crippen LogP contribution in [0.4, 0.5) is 0 Å². The lowest BCUT2D eigenvalue weighted by atomic mass is 10.2. The third-order valence-electron chi connectivity index (χ3n) is 3.34. The Labute approximate surface area is 115 Å². The minimum Gasteiger partial charge on any atom is -0.379 e. The molecule has 0 saturated carbocycles. The largest absolute Gasteiger partial charge is 0.379 e. The Bertz CT molecular complexity index is 534. The number of nitrogens with zero attached hydrogens (tertiary/aromatic N) is 3. The van der Waals surface area contributed by atoms with E-state index in [9.17, 15) is 0 Å². The maximum atomic E-state index is 5.35. The number of hydrogen-bond donors (Lipinski definition) is 0. The highest BCUT2D eigenvalue weighted by Gasteiger charge is 2.11. The molecule has 1 aliphatic rings. The van der Waals surface area contributed by atoms with Crippen LogP contribution in [-0.2, 0) is 11.3 Å². The summed E-state index contributed by atoms with van der Waals surface area (Å²) in [5.74, 6) is 0. The molecular weight excluding hydrogens is 294 g/mol. The molecule has 18 heavy (non-hydrogen) atoms. The van der Waals surface area contributed by atoms with Gasteiger partial charge in [0.05, 0.1) is 31.5 Å². The predicted molar refractivity (Wildman–Crippen MR) is 74.7 cm³/mol. The zero-order valence-electron chi connectivity index (χ0n) is 10.2. The zero-order valence-corrected chi connectivity index (χ0v) is 11.8. The van der Waals surface area contributed by atoms with Crippen LogP contribution in [0.5, 0.6) is 0 Å². The monoisotopic (exact) mass is 309 g/mol. The van der Waals surface area contributed by atoms with Crippen molar-refractivity contribution in [2.24, 2.45) is 0 Å². The molecular formula is C13H16BrN3O. The molecule has 3 rings (SSSR count). The summed E-state index contributed by atoms with van der Waals surface area (Å²) in [4.78, 5) is 2.43. The topological polar surface area (TPSA) is 30.3 Å². The van der Waals surface area contributed by atoms with Gasteiger partial charge < -0.3 is 4.74 Å². The van der Waals surface area contributed by atoms with Crippen molar-refractivity contribution in [1.29, 1.82) is 0 Å². The summed E-state index contributed by atoms with van der Waals surface area (Å²) in [6.45, 7) is 5.73. The quantitative estimate of drug-likeness (QED) is 0.870. The van der Waals surface area contributed by atoms with Crippen LogP contribution in [0.25, 0.3) is 10.9 Å². The lowest BCUT2D eigenvalue weighted by molar-refractivity contribution is 0.0361. The number of hydrogen-bond acceptors (Lipinski definition) is 3. The molecule has 0 atom stereocenters. The lowest BCUT2D eigenvalue weighted by Gasteiger charge is -2.26. The Hall–Kier alpha value is -0.910. The highest BCUT2D eigenvalue weighted by atomic mass is 79.9. The van der Waals surface area contributed by atoms with E-state index < -0.39 is 0 Å². The molecule has 4 nitrogen and oxygen atoms in total. The highest BCUT2D eigenvalue weighted by Crippen LogP contribution is 2.19. The SMILES string of the molecule is Brc1ccc2cnn(CCN3CCOCC3)c2c1. The molecule has 1 aromatic heterocycles. The van der Waals surface area contributed by atoms with Crippen molar-refractivity contribution in [3.63, 3.8) is 0 Å². The second kappa shape index (κ2) is 5.38. The number of morpholine rings is 1. The van der Waals surface area contributed by atoms with Gasteiger partial charge in [-0.05, 0) is 12.1 Å². The van der Waals surface area contributed by atoms with Crippen LogP contribution in [0.3, 0.4) is 0 Å². The van der Waals surface area contributed by atoms with Crippen molar-refractivity contribution < 1.29 is 4.74 Å². The van der Waals surface area contributed by atoms with Gasteiger partial charge in [0, 0.05) is 29.5 Å². The summed E-state index contributed by atoms with van der Waals surface area (Å²) in [6, 6.07) is 6.27. The highest BCUT2D eigenvalue weighted by molar-refractivity contribution is 9.10. The van der Waals surface area contributed by atoms with Gasteiger partial charge in [0.25, 0.3) is 0 Å². The molecule has 1 aliphatic heterocycles. The van der Waals surface area contributed by atoms with Crippen LogP contribution in [0.15, 0.2) is 28.9 Å². The molecule has 1 aromatic carbocycles. The van der Waals surface area contributed by atoms with Crippen molar-refractivity contribution in [2.45, 2.75) is 6.54 Å². The number of fused-ring (bicyclic) bond motifs is 1. The van der Waals surface area contributed by atoms with E-state index in [1.54, 1.807) is 0 Å². The van der Waals surface area contributed by atoms with Gasteiger partial charge in [-0.2, -0.15) is 5.10 Å². The minimum absolute atomic E-state index is 0.853. The Morgan fingerprint density at radius 1 is 1.22 bits per heavy atom. The van der Waals surface area contributed by atoms with Gasteiger partial charge in [-0.3, -0.25) is 9.58 Å². The first-order valence-electron chi connectivity index (χ1n) is 6.24. The van der Waals surface area contributed by atoms with Gasteiger partial charge in [0.1, 0.15) is 0 Å². The second-order valence-electron chi connectivity index (χ2n) is 4.52. The van der Waals surface area contributed by atoms with E-state index in [2.05, 4.69) is 48.8 Å². The maximum Gasteiger partial charge on any atom is 0.0694 e. The Morgan fingerprint density at radius 2 is 2.06 bits per heavy atom. The van der Waals surface area contributed by atoms with E-state index in [0.717, 1.165) is 43.9 Å². The normalized spacial score (nSPS) is 17.4. The van der Waals surface area contributed by atoms with E-state index in [4.69, 9.17) is 4.74 Å². The molecule has 0 radical (unpaired) electrons. The van der Waals surface area contributed by atoms with Crippen LogP contribution in [0, 0.1) is 0 Å². The number of aromatic nitrogens is 2. The van der Waals surface area contributed by atoms with Crippen molar-refractivity contribution in [3.05, 3.63) is 28.9 Å². The smallest absolute Gasteiger partial charge is 0.0694 e. The van der Waals surface area contributed by atoms with Gasteiger partial charge in [0.15, 0.2) is 0 Å². The molecule has 96 valence electrons. The van der Waals surface area contributed by atoms with Gasteiger partial charge in [-0.1, -0.05) is 22.0 Å². The van der Waals surface area contributed by atoms with E-state index >= 15 is 0 Å².